The fourth-order valence-electron chi connectivity index (χ4n) is 5.68. The molecule has 0 amide bonds. The normalized spacial score (nSPS) is 18.9. The van der Waals surface area contributed by atoms with Gasteiger partial charge in [0.2, 0.25) is 6.23 Å². The molecule has 38 heavy (non-hydrogen) atoms. The highest BCUT2D eigenvalue weighted by molar-refractivity contribution is 5.49. The maximum Gasteiger partial charge on any atom is 0.212 e. The Kier molecular flexibility index (Phi) is 6.84. The van der Waals surface area contributed by atoms with Gasteiger partial charge in [-0.1, -0.05) is 30.3 Å². The first-order chi connectivity index (χ1) is 18.3. The maximum atomic E-state index is 15.6. The lowest BCUT2D eigenvalue weighted by Crippen LogP contribution is -2.53. The van der Waals surface area contributed by atoms with Gasteiger partial charge < -0.3 is 4.74 Å². The Labute approximate surface area is 220 Å². The van der Waals surface area contributed by atoms with E-state index in [-0.39, 0.29) is 23.8 Å². The van der Waals surface area contributed by atoms with Gasteiger partial charge in [-0.25, -0.2) is 8.78 Å². The molecule has 0 aliphatic carbocycles. The van der Waals surface area contributed by atoms with E-state index in [0.29, 0.717) is 24.2 Å². The smallest absolute Gasteiger partial charge is 0.212 e. The molecule has 1 N–H and O–H groups in total. The molecule has 8 heteroatoms. The number of benzene rings is 3. The Morgan fingerprint density at radius 1 is 0.974 bits per heavy atom. The molecule has 0 bridgehead atoms. The monoisotopic (exact) mass is 511 g/mol. The summed E-state index contributed by atoms with van der Waals surface area (Å²) in [6.07, 6.45) is 0.998. The number of nitriles is 2. The second-order valence-corrected chi connectivity index (χ2v) is 10.3. The Morgan fingerprint density at radius 2 is 1.71 bits per heavy atom. The number of rotatable bonds is 7. The molecule has 3 aromatic rings. The van der Waals surface area contributed by atoms with Crippen LogP contribution in [0.2, 0.25) is 0 Å². The Hall–Kier alpha value is -4.27. The van der Waals surface area contributed by atoms with E-state index in [1.807, 2.05) is 36.4 Å². The number of halogens is 2. The van der Waals surface area contributed by atoms with Crippen molar-refractivity contribution >= 4 is 6.40 Å². The van der Waals surface area contributed by atoms with Crippen LogP contribution >= 0.6 is 0 Å². The molecule has 0 aromatic heterocycles. The highest BCUT2D eigenvalue weighted by Crippen LogP contribution is 2.45. The quantitative estimate of drug-likeness (QED) is 0.441. The summed E-state index contributed by atoms with van der Waals surface area (Å²) in [6.45, 7) is 4.17. The van der Waals surface area contributed by atoms with Gasteiger partial charge in [-0.05, 0) is 72.9 Å². The molecule has 6 nitrogen and oxygen atoms in total. The molecule has 0 radical (unpaired) electrons. The van der Waals surface area contributed by atoms with E-state index in [2.05, 4.69) is 27.6 Å². The fourth-order valence-corrected chi connectivity index (χ4v) is 5.68. The molecule has 2 unspecified atom stereocenters. The summed E-state index contributed by atoms with van der Waals surface area (Å²) in [5.41, 5.74) is 5.51. The van der Waals surface area contributed by atoms with Crippen molar-refractivity contribution in [3.05, 3.63) is 106 Å². The standard InChI is InChI=1S/C30H27F2N5O/c1-30(2,32)27(24-10-20(15-34)11-26(31)13-24)25-16-37(17-25)28(21-8-6-19(14-33)7-9-21)22-4-3-5-23(12-22)29-36-35-18-38-29/h3-13,18,25,27-29,36H,16-17H2,1-2H3/t27-,28?,29?/m1/s1. The maximum absolute atomic E-state index is 15.6. The van der Waals surface area contributed by atoms with Crippen LogP contribution in [0.5, 0.6) is 0 Å². The SMILES string of the molecule is CC(C)(F)[C@H](c1cc(F)cc(C#N)c1)C1CN(C(c2ccc(C#N)cc2)c2cccc(C3NN=CO3)c2)C1. The van der Waals surface area contributed by atoms with Crippen molar-refractivity contribution in [3.63, 3.8) is 0 Å². The molecule has 1 saturated heterocycles. The van der Waals surface area contributed by atoms with Crippen molar-refractivity contribution in [2.75, 3.05) is 13.1 Å². The van der Waals surface area contributed by atoms with Crippen LogP contribution in [-0.2, 0) is 4.74 Å². The summed E-state index contributed by atoms with van der Waals surface area (Å²) < 4.78 is 35.4. The Bertz CT molecular complexity index is 1420. The zero-order valence-corrected chi connectivity index (χ0v) is 21.1. The van der Waals surface area contributed by atoms with Crippen LogP contribution in [0.15, 0.2) is 71.8 Å². The third-order valence-electron chi connectivity index (χ3n) is 7.25. The van der Waals surface area contributed by atoms with E-state index in [9.17, 15) is 14.9 Å². The molecule has 2 aliphatic heterocycles. The summed E-state index contributed by atoms with van der Waals surface area (Å²) in [7, 11) is 0. The minimum atomic E-state index is -1.62. The van der Waals surface area contributed by atoms with E-state index in [1.165, 1.54) is 32.4 Å². The van der Waals surface area contributed by atoms with E-state index in [1.54, 1.807) is 18.2 Å². The van der Waals surface area contributed by atoms with Crippen LogP contribution in [-0.4, -0.2) is 30.1 Å². The molecule has 3 atom stereocenters. The number of hydrogen-bond donors (Lipinski definition) is 1. The van der Waals surface area contributed by atoms with Crippen LogP contribution in [0.3, 0.4) is 0 Å². The van der Waals surface area contributed by atoms with Crippen molar-refractivity contribution in [2.24, 2.45) is 11.0 Å². The number of alkyl halides is 1. The van der Waals surface area contributed by atoms with Gasteiger partial charge >= 0.3 is 0 Å². The highest BCUT2D eigenvalue weighted by Gasteiger charge is 2.45. The molecule has 2 aliphatic rings. The van der Waals surface area contributed by atoms with Crippen molar-refractivity contribution < 1.29 is 13.5 Å². The van der Waals surface area contributed by atoms with Gasteiger partial charge in [-0.3, -0.25) is 10.3 Å². The van der Waals surface area contributed by atoms with Gasteiger partial charge in [0.25, 0.3) is 0 Å². The summed E-state index contributed by atoms with van der Waals surface area (Å²) in [5, 5.41) is 22.5. The van der Waals surface area contributed by atoms with Gasteiger partial charge in [-0.2, -0.15) is 10.5 Å². The van der Waals surface area contributed by atoms with E-state index in [0.717, 1.165) is 16.7 Å². The third-order valence-corrected chi connectivity index (χ3v) is 7.25. The molecular weight excluding hydrogens is 484 g/mol. The van der Waals surface area contributed by atoms with Crippen LogP contribution in [0.4, 0.5) is 8.78 Å². The third kappa shape index (κ3) is 5.09. The van der Waals surface area contributed by atoms with Gasteiger partial charge in [0, 0.05) is 24.6 Å². The predicted molar refractivity (Wildman–Crippen MR) is 139 cm³/mol. The topological polar surface area (TPSA) is 84.4 Å². The van der Waals surface area contributed by atoms with Crippen LogP contribution in [0, 0.1) is 34.4 Å². The number of hydrogen-bond acceptors (Lipinski definition) is 6. The van der Waals surface area contributed by atoms with Crippen molar-refractivity contribution in [1.29, 1.82) is 10.5 Å². The van der Waals surface area contributed by atoms with Crippen LogP contribution in [0.25, 0.3) is 0 Å². The van der Waals surface area contributed by atoms with Crippen molar-refractivity contribution in [2.45, 2.75) is 37.7 Å². The zero-order chi connectivity index (χ0) is 26.9. The molecular formula is C30H27F2N5O. The summed E-state index contributed by atoms with van der Waals surface area (Å²) in [4.78, 5) is 2.26. The lowest BCUT2D eigenvalue weighted by atomic mass is 9.72. The van der Waals surface area contributed by atoms with Gasteiger partial charge in [0.15, 0.2) is 6.40 Å². The molecule has 5 rings (SSSR count). The van der Waals surface area contributed by atoms with E-state index in [4.69, 9.17) is 4.74 Å². The van der Waals surface area contributed by atoms with Crippen molar-refractivity contribution in [1.82, 2.24) is 10.3 Å². The summed E-state index contributed by atoms with van der Waals surface area (Å²) in [5.74, 6) is -1.20. The molecule has 2 heterocycles. The largest absolute Gasteiger partial charge is 0.453 e. The minimum Gasteiger partial charge on any atom is -0.453 e. The molecule has 192 valence electrons. The molecule has 0 spiro atoms. The summed E-state index contributed by atoms with van der Waals surface area (Å²) in [6, 6.07) is 23.6. The van der Waals surface area contributed by atoms with Crippen LogP contribution < -0.4 is 5.43 Å². The first kappa shape index (κ1) is 25.4. The summed E-state index contributed by atoms with van der Waals surface area (Å²) >= 11 is 0. The number of nitrogens with zero attached hydrogens (tertiary/aromatic N) is 4. The van der Waals surface area contributed by atoms with Gasteiger partial charge in [0.05, 0.1) is 29.3 Å². The van der Waals surface area contributed by atoms with Crippen LogP contribution in [0.1, 0.15) is 65.4 Å². The number of hydrazone groups is 1. The predicted octanol–water partition coefficient (Wildman–Crippen LogP) is 5.68. The lowest BCUT2D eigenvalue weighted by molar-refractivity contribution is 0.00807. The average molecular weight is 512 g/mol. The number of nitrogens with one attached hydrogen (secondary N) is 1. The first-order valence-corrected chi connectivity index (χ1v) is 12.4. The van der Waals surface area contributed by atoms with Gasteiger partial charge in [-0.15, -0.1) is 5.10 Å². The minimum absolute atomic E-state index is 0.0827. The first-order valence-electron chi connectivity index (χ1n) is 12.4. The average Bonchev–Trinajstić information content (AvgIpc) is 3.42. The lowest BCUT2D eigenvalue weighted by Gasteiger charge is -2.50. The molecule has 0 saturated carbocycles. The second kappa shape index (κ2) is 10.2. The van der Waals surface area contributed by atoms with E-state index < -0.39 is 17.4 Å². The van der Waals surface area contributed by atoms with E-state index >= 15 is 4.39 Å². The van der Waals surface area contributed by atoms with Gasteiger partial charge in [0.1, 0.15) is 11.5 Å². The van der Waals surface area contributed by atoms with Crippen molar-refractivity contribution in [3.8, 4) is 12.1 Å². The molecule has 3 aromatic carbocycles. The fraction of sp³-hybridized carbons (Fsp3) is 0.300. The Morgan fingerprint density at radius 3 is 2.34 bits per heavy atom. The Balaban J connectivity index is 1.46. The second-order valence-electron chi connectivity index (χ2n) is 10.3. The highest BCUT2D eigenvalue weighted by atomic mass is 19.1. The number of ether oxygens (including phenoxy) is 1. The number of likely N-dealkylation sites (tertiary alicyclic amines) is 1. The zero-order valence-electron chi connectivity index (χ0n) is 21.1. The molecule has 1 fully saturated rings.